The second kappa shape index (κ2) is 10.5. The summed E-state index contributed by atoms with van der Waals surface area (Å²) < 4.78 is 25.9. The van der Waals surface area contributed by atoms with Gasteiger partial charge in [0.2, 0.25) is 0 Å². The van der Waals surface area contributed by atoms with Crippen molar-refractivity contribution in [3.8, 4) is 6.07 Å². The molecule has 3 rings (SSSR count). The number of hydrogen-bond acceptors (Lipinski definition) is 5. The highest BCUT2D eigenvalue weighted by molar-refractivity contribution is 5.50. The van der Waals surface area contributed by atoms with E-state index >= 15 is 0 Å². The van der Waals surface area contributed by atoms with Crippen LogP contribution in [0.4, 0.5) is 10.1 Å². The van der Waals surface area contributed by atoms with E-state index in [1.54, 1.807) is 31.2 Å². The lowest BCUT2D eigenvalue weighted by Gasteiger charge is -2.33. The van der Waals surface area contributed by atoms with Crippen LogP contribution in [0.15, 0.2) is 42.5 Å². The van der Waals surface area contributed by atoms with Gasteiger partial charge in [0.15, 0.2) is 6.29 Å². The molecular formula is C24H30FN3O2. The third-order valence-corrected chi connectivity index (χ3v) is 5.26. The molecule has 0 unspecified atom stereocenters. The molecule has 2 aromatic rings. The van der Waals surface area contributed by atoms with Crippen molar-refractivity contribution in [1.82, 2.24) is 4.90 Å². The lowest BCUT2D eigenvalue weighted by molar-refractivity contribution is -0.203. The Labute approximate surface area is 178 Å². The molecule has 1 heterocycles. The summed E-state index contributed by atoms with van der Waals surface area (Å²) in [6, 6.07) is 15.0. The van der Waals surface area contributed by atoms with Gasteiger partial charge in [-0.15, -0.1) is 0 Å². The Hall–Kier alpha value is -2.46. The maximum absolute atomic E-state index is 14.0. The summed E-state index contributed by atoms with van der Waals surface area (Å²) in [7, 11) is 4.10. The molecule has 0 saturated carbocycles. The van der Waals surface area contributed by atoms with Crippen molar-refractivity contribution < 1.29 is 13.9 Å². The molecule has 0 amide bonds. The molecular weight excluding hydrogens is 381 g/mol. The van der Waals surface area contributed by atoms with E-state index in [1.807, 2.05) is 18.2 Å². The molecule has 30 heavy (non-hydrogen) atoms. The van der Waals surface area contributed by atoms with Crippen molar-refractivity contribution in [2.75, 3.05) is 45.3 Å². The number of ether oxygens (including phenoxy) is 2. The van der Waals surface area contributed by atoms with Crippen LogP contribution in [0, 0.1) is 30.0 Å². The predicted octanol–water partition coefficient (Wildman–Crippen LogP) is 3.95. The maximum Gasteiger partial charge on any atom is 0.159 e. The van der Waals surface area contributed by atoms with Crippen LogP contribution in [-0.2, 0) is 16.0 Å². The molecule has 0 N–H and O–H groups in total. The minimum atomic E-state index is -0.237. The standard InChI is InChI=1S/C24H30FN3O2/c1-18-4-5-20(12-23(18)25)15-28(22-8-6-19(13-26)7-9-22)11-10-24-29-16-21(17-30-24)14-27(2)3/h4-9,12,21,24H,10-11,14-17H2,1-3H3. The summed E-state index contributed by atoms with van der Waals surface area (Å²) in [5.41, 5.74) is 3.14. The maximum atomic E-state index is 14.0. The minimum absolute atomic E-state index is 0.196. The number of hydrogen-bond donors (Lipinski definition) is 0. The first-order chi connectivity index (χ1) is 14.4. The van der Waals surface area contributed by atoms with Gasteiger partial charge in [-0.05, 0) is 62.5 Å². The first-order valence-corrected chi connectivity index (χ1v) is 10.3. The smallest absolute Gasteiger partial charge is 0.159 e. The van der Waals surface area contributed by atoms with Crippen LogP contribution in [0.25, 0.3) is 0 Å². The number of benzene rings is 2. The van der Waals surface area contributed by atoms with Crippen molar-refractivity contribution in [1.29, 1.82) is 5.26 Å². The van der Waals surface area contributed by atoms with Gasteiger partial charge in [-0.2, -0.15) is 5.26 Å². The number of rotatable bonds is 8. The van der Waals surface area contributed by atoms with Gasteiger partial charge in [0, 0.05) is 37.7 Å². The Morgan fingerprint density at radius 3 is 2.40 bits per heavy atom. The van der Waals surface area contributed by atoms with Crippen molar-refractivity contribution in [2.24, 2.45) is 5.92 Å². The lowest BCUT2D eigenvalue weighted by atomic mass is 10.1. The third-order valence-electron chi connectivity index (χ3n) is 5.26. The monoisotopic (exact) mass is 411 g/mol. The molecule has 1 fully saturated rings. The average molecular weight is 412 g/mol. The van der Waals surface area contributed by atoms with Crippen molar-refractivity contribution in [3.05, 3.63) is 65.0 Å². The molecule has 1 aliphatic rings. The van der Waals surface area contributed by atoms with Gasteiger partial charge >= 0.3 is 0 Å². The van der Waals surface area contributed by atoms with Gasteiger partial charge < -0.3 is 19.3 Å². The van der Waals surface area contributed by atoms with E-state index in [9.17, 15) is 4.39 Å². The molecule has 0 aliphatic carbocycles. The Kier molecular flexibility index (Phi) is 7.81. The number of nitriles is 1. The number of halogens is 1. The molecule has 5 nitrogen and oxygen atoms in total. The molecule has 2 aromatic carbocycles. The quantitative estimate of drug-likeness (QED) is 0.658. The SMILES string of the molecule is Cc1ccc(CN(CCC2OCC(CN(C)C)CO2)c2ccc(C#N)cc2)cc1F. The fourth-order valence-electron chi connectivity index (χ4n) is 3.63. The normalized spacial score (nSPS) is 18.9. The van der Waals surface area contributed by atoms with Crippen LogP contribution in [0.1, 0.15) is 23.1 Å². The molecule has 0 atom stereocenters. The van der Waals surface area contributed by atoms with Crippen LogP contribution < -0.4 is 4.90 Å². The average Bonchev–Trinajstić information content (AvgIpc) is 2.74. The van der Waals surface area contributed by atoms with Gasteiger partial charge in [0.1, 0.15) is 5.82 Å². The van der Waals surface area contributed by atoms with Crippen LogP contribution in [-0.4, -0.2) is 51.6 Å². The van der Waals surface area contributed by atoms with E-state index in [-0.39, 0.29) is 12.1 Å². The zero-order chi connectivity index (χ0) is 21.5. The van der Waals surface area contributed by atoms with E-state index in [2.05, 4.69) is 30.0 Å². The Morgan fingerprint density at radius 1 is 1.10 bits per heavy atom. The first-order valence-electron chi connectivity index (χ1n) is 10.3. The second-order valence-corrected chi connectivity index (χ2v) is 8.18. The molecule has 1 aliphatic heterocycles. The van der Waals surface area contributed by atoms with Gasteiger partial charge in [-0.25, -0.2) is 4.39 Å². The molecule has 1 saturated heterocycles. The van der Waals surface area contributed by atoms with Crippen molar-refractivity contribution in [3.63, 3.8) is 0 Å². The fourth-order valence-corrected chi connectivity index (χ4v) is 3.63. The molecule has 0 radical (unpaired) electrons. The topological polar surface area (TPSA) is 48.7 Å². The fraction of sp³-hybridized carbons (Fsp3) is 0.458. The zero-order valence-electron chi connectivity index (χ0n) is 18.0. The van der Waals surface area contributed by atoms with Gasteiger partial charge in [-0.1, -0.05) is 12.1 Å². The molecule has 0 aromatic heterocycles. The number of nitrogens with zero attached hydrogens (tertiary/aromatic N) is 3. The highest BCUT2D eigenvalue weighted by Gasteiger charge is 2.23. The van der Waals surface area contributed by atoms with Gasteiger partial charge in [0.25, 0.3) is 0 Å². The molecule has 0 bridgehead atoms. The summed E-state index contributed by atoms with van der Waals surface area (Å²) in [4.78, 5) is 4.31. The van der Waals surface area contributed by atoms with Crippen LogP contribution >= 0.6 is 0 Å². The zero-order valence-corrected chi connectivity index (χ0v) is 18.0. The van der Waals surface area contributed by atoms with Crippen molar-refractivity contribution >= 4 is 5.69 Å². The second-order valence-electron chi connectivity index (χ2n) is 8.18. The largest absolute Gasteiger partial charge is 0.367 e. The Morgan fingerprint density at radius 2 is 1.80 bits per heavy atom. The minimum Gasteiger partial charge on any atom is -0.367 e. The van der Waals surface area contributed by atoms with Crippen LogP contribution in [0.5, 0.6) is 0 Å². The summed E-state index contributed by atoms with van der Waals surface area (Å²) >= 11 is 0. The summed E-state index contributed by atoms with van der Waals surface area (Å²) in [5, 5.41) is 9.07. The molecule has 6 heteroatoms. The van der Waals surface area contributed by atoms with E-state index in [1.165, 1.54) is 0 Å². The van der Waals surface area contributed by atoms with Gasteiger partial charge in [-0.3, -0.25) is 0 Å². The van der Waals surface area contributed by atoms with Crippen molar-refractivity contribution in [2.45, 2.75) is 26.2 Å². The van der Waals surface area contributed by atoms with E-state index in [0.717, 1.165) is 17.8 Å². The van der Waals surface area contributed by atoms with E-state index < -0.39 is 0 Å². The third kappa shape index (κ3) is 6.27. The summed E-state index contributed by atoms with van der Waals surface area (Å²) in [6.45, 7) is 5.37. The molecule has 0 spiro atoms. The Balaban J connectivity index is 1.65. The van der Waals surface area contributed by atoms with Crippen LogP contribution in [0.2, 0.25) is 0 Å². The van der Waals surface area contributed by atoms with Gasteiger partial charge in [0.05, 0.1) is 24.8 Å². The number of aryl methyl sites for hydroxylation is 1. The lowest BCUT2D eigenvalue weighted by Crippen LogP contribution is -2.39. The van der Waals surface area contributed by atoms with E-state index in [4.69, 9.17) is 14.7 Å². The molecule has 160 valence electrons. The first kappa shape index (κ1) is 22.2. The van der Waals surface area contributed by atoms with Crippen LogP contribution in [0.3, 0.4) is 0 Å². The van der Waals surface area contributed by atoms with E-state index in [0.29, 0.717) is 49.8 Å². The summed E-state index contributed by atoms with van der Waals surface area (Å²) in [6.07, 6.45) is 0.474. The highest BCUT2D eigenvalue weighted by atomic mass is 19.1. The highest BCUT2D eigenvalue weighted by Crippen LogP contribution is 2.22. The number of anilines is 1. The predicted molar refractivity (Wildman–Crippen MR) is 116 cm³/mol. The summed E-state index contributed by atoms with van der Waals surface area (Å²) in [5.74, 6) is 0.194. The Bertz CT molecular complexity index is 856.